The minimum atomic E-state index is -0.414. The predicted molar refractivity (Wildman–Crippen MR) is 132 cm³/mol. The smallest absolute Gasteiger partial charge is 0.407 e. The van der Waals surface area contributed by atoms with Crippen LogP contribution < -0.4 is 5.32 Å². The van der Waals surface area contributed by atoms with Crippen molar-refractivity contribution in [1.82, 2.24) is 5.32 Å². The van der Waals surface area contributed by atoms with Crippen molar-refractivity contribution in [3.63, 3.8) is 0 Å². The van der Waals surface area contributed by atoms with Gasteiger partial charge in [-0.2, -0.15) is 0 Å². The Morgan fingerprint density at radius 3 is 1.67 bits per heavy atom. The van der Waals surface area contributed by atoms with Crippen molar-refractivity contribution < 1.29 is 9.53 Å². The summed E-state index contributed by atoms with van der Waals surface area (Å²) in [7, 11) is 0. The Labute approximate surface area is 195 Å². The Morgan fingerprint density at radius 2 is 1.18 bits per heavy atom. The standard InChI is InChI=1S/C30H27NO2/c1-20-11-15-22(16-12-20)29(23-17-13-21(2)14-18-23)31-30(32)33-19-28-26-9-5-3-7-24(26)25-8-4-6-10-27(25)28/h3-18,28-29H,19H2,1-2H3,(H,31,32). The monoisotopic (exact) mass is 433 g/mol. The first-order valence-corrected chi connectivity index (χ1v) is 11.3. The van der Waals surface area contributed by atoms with Crippen molar-refractivity contribution in [2.24, 2.45) is 0 Å². The van der Waals surface area contributed by atoms with Crippen LogP contribution in [0.15, 0.2) is 97.1 Å². The van der Waals surface area contributed by atoms with Crippen molar-refractivity contribution in [3.8, 4) is 11.1 Å². The molecule has 0 spiro atoms. The molecule has 164 valence electrons. The van der Waals surface area contributed by atoms with E-state index in [1.165, 1.54) is 33.4 Å². The Hall–Kier alpha value is -3.85. The zero-order valence-corrected chi connectivity index (χ0v) is 18.9. The molecule has 1 aliphatic carbocycles. The van der Waals surface area contributed by atoms with Crippen LogP contribution in [0.1, 0.15) is 45.3 Å². The molecule has 1 N–H and O–H groups in total. The third kappa shape index (κ3) is 4.27. The first kappa shape index (κ1) is 21.0. The Morgan fingerprint density at radius 1 is 0.727 bits per heavy atom. The highest BCUT2D eigenvalue weighted by Gasteiger charge is 2.29. The molecule has 0 fully saturated rings. The molecule has 1 aliphatic rings. The fourth-order valence-corrected chi connectivity index (χ4v) is 4.63. The molecule has 0 unspecified atom stereocenters. The number of hydrogen-bond acceptors (Lipinski definition) is 2. The Balaban J connectivity index is 1.36. The van der Waals surface area contributed by atoms with Crippen molar-refractivity contribution in [2.45, 2.75) is 25.8 Å². The molecular formula is C30H27NO2. The van der Waals surface area contributed by atoms with Crippen molar-refractivity contribution >= 4 is 6.09 Å². The van der Waals surface area contributed by atoms with Gasteiger partial charge in [0.15, 0.2) is 0 Å². The number of amides is 1. The summed E-state index contributed by atoms with van der Waals surface area (Å²) in [6.07, 6.45) is -0.414. The minimum Gasteiger partial charge on any atom is -0.449 e. The van der Waals surface area contributed by atoms with Gasteiger partial charge in [-0.25, -0.2) is 4.79 Å². The average Bonchev–Trinajstić information content (AvgIpc) is 3.16. The fraction of sp³-hybridized carbons (Fsp3) is 0.167. The summed E-state index contributed by atoms with van der Waals surface area (Å²) >= 11 is 0. The number of nitrogens with one attached hydrogen (secondary N) is 1. The predicted octanol–water partition coefficient (Wildman–Crippen LogP) is 6.93. The highest BCUT2D eigenvalue weighted by Crippen LogP contribution is 2.44. The van der Waals surface area contributed by atoms with Crippen LogP contribution in [0, 0.1) is 13.8 Å². The van der Waals surface area contributed by atoms with Gasteiger partial charge >= 0.3 is 6.09 Å². The molecular weight excluding hydrogens is 406 g/mol. The lowest BCUT2D eigenvalue weighted by molar-refractivity contribution is 0.140. The maximum Gasteiger partial charge on any atom is 0.407 e. The molecule has 0 aliphatic heterocycles. The number of aryl methyl sites for hydroxylation is 2. The summed E-state index contributed by atoms with van der Waals surface area (Å²) in [4.78, 5) is 13.0. The average molecular weight is 434 g/mol. The van der Waals surface area contributed by atoms with E-state index in [2.05, 4.69) is 104 Å². The quantitative estimate of drug-likeness (QED) is 0.370. The van der Waals surface area contributed by atoms with E-state index in [0.717, 1.165) is 11.1 Å². The van der Waals surface area contributed by atoms with Crippen LogP contribution in [0.2, 0.25) is 0 Å². The number of carbonyl (C=O) groups is 1. The van der Waals surface area contributed by atoms with E-state index < -0.39 is 6.09 Å². The fourth-order valence-electron chi connectivity index (χ4n) is 4.63. The molecule has 4 aromatic rings. The largest absolute Gasteiger partial charge is 0.449 e. The number of carbonyl (C=O) groups excluding carboxylic acids is 1. The molecule has 0 saturated carbocycles. The van der Waals surface area contributed by atoms with Crippen LogP contribution in [0.4, 0.5) is 4.79 Å². The summed E-state index contributed by atoms with van der Waals surface area (Å²) < 4.78 is 5.81. The van der Waals surface area contributed by atoms with Gasteiger partial charge < -0.3 is 10.1 Å². The number of alkyl carbamates (subject to hydrolysis) is 1. The van der Waals surface area contributed by atoms with Gasteiger partial charge in [-0.05, 0) is 47.2 Å². The number of ether oxygens (including phenoxy) is 1. The molecule has 0 radical (unpaired) electrons. The SMILES string of the molecule is Cc1ccc(C(NC(=O)OCC2c3ccccc3-c3ccccc32)c2ccc(C)cc2)cc1. The number of benzene rings is 4. The summed E-state index contributed by atoms with van der Waals surface area (Å²) in [5.41, 5.74) is 9.28. The van der Waals surface area contributed by atoms with Gasteiger partial charge in [-0.1, -0.05) is 108 Å². The summed E-state index contributed by atoms with van der Waals surface area (Å²) in [6.45, 7) is 4.42. The van der Waals surface area contributed by atoms with Gasteiger partial charge in [-0.3, -0.25) is 0 Å². The molecule has 0 atom stereocenters. The highest BCUT2D eigenvalue weighted by atomic mass is 16.5. The van der Waals surface area contributed by atoms with Crippen molar-refractivity contribution in [1.29, 1.82) is 0 Å². The van der Waals surface area contributed by atoms with Crippen LogP contribution in [0.25, 0.3) is 11.1 Å². The van der Waals surface area contributed by atoms with E-state index in [4.69, 9.17) is 4.74 Å². The second kappa shape index (κ2) is 8.95. The van der Waals surface area contributed by atoms with Crippen LogP contribution in [0.5, 0.6) is 0 Å². The lowest BCUT2D eigenvalue weighted by atomic mass is 9.97. The van der Waals surface area contributed by atoms with E-state index >= 15 is 0 Å². The highest BCUT2D eigenvalue weighted by molar-refractivity contribution is 5.79. The number of rotatable bonds is 5. The second-order valence-electron chi connectivity index (χ2n) is 8.72. The topological polar surface area (TPSA) is 38.3 Å². The molecule has 4 aromatic carbocycles. The van der Waals surface area contributed by atoms with Gasteiger partial charge in [0.1, 0.15) is 6.61 Å². The van der Waals surface area contributed by atoms with Gasteiger partial charge in [-0.15, -0.1) is 0 Å². The van der Waals surface area contributed by atoms with E-state index in [0.29, 0.717) is 6.61 Å². The summed E-state index contributed by atoms with van der Waals surface area (Å²) in [5.74, 6) is 0.0420. The normalized spacial score (nSPS) is 12.3. The Bertz CT molecular complexity index is 1180. The zero-order valence-electron chi connectivity index (χ0n) is 18.9. The summed E-state index contributed by atoms with van der Waals surface area (Å²) in [5, 5.41) is 3.10. The van der Waals surface area contributed by atoms with E-state index in [1.807, 2.05) is 12.1 Å². The first-order valence-electron chi connectivity index (χ1n) is 11.3. The Kier molecular flexibility index (Phi) is 5.70. The molecule has 1 amide bonds. The van der Waals surface area contributed by atoms with Gasteiger partial charge in [0.25, 0.3) is 0 Å². The number of hydrogen-bond donors (Lipinski definition) is 1. The minimum absolute atomic E-state index is 0.0420. The maximum atomic E-state index is 13.0. The molecule has 5 rings (SSSR count). The molecule has 0 saturated heterocycles. The van der Waals surface area contributed by atoms with E-state index in [1.54, 1.807) is 0 Å². The molecule has 3 nitrogen and oxygen atoms in total. The van der Waals surface area contributed by atoms with Crippen LogP contribution in [0.3, 0.4) is 0 Å². The van der Waals surface area contributed by atoms with Gasteiger partial charge in [0.05, 0.1) is 6.04 Å². The second-order valence-corrected chi connectivity index (χ2v) is 8.72. The molecule has 0 heterocycles. The van der Waals surface area contributed by atoms with E-state index in [-0.39, 0.29) is 12.0 Å². The number of fused-ring (bicyclic) bond motifs is 3. The van der Waals surface area contributed by atoms with Crippen molar-refractivity contribution in [2.75, 3.05) is 6.61 Å². The molecule has 3 heteroatoms. The van der Waals surface area contributed by atoms with E-state index in [9.17, 15) is 4.79 Å². The van der Waals surface area contributed by atoms with Gasteiger partial charge in [0, 0.05) is 5.92 Å². The lowest BCUT2D eigenvalue weighted by Gasteiger charge is -2.21. The lowest BCUT2D eigenvalue weighted by Crippen LogP contribution is -2.31. The zero-order chi connectivity index (χ0) is 22.8. The summed E-state index contributed by atoms with van der Waals surface area (Å²) in [6, 6.07) is 33.0. The van der Waals surface area contributed by atoms with Gasteiger partial charge in [0.2, 0.25) is 0 Å². The third-order valence-corrected chi connectivity index (χ3v) is 6.43. The van der Waals surface area contributed by atoms with Crippen molar-refractivity contribution in [3.05, 3.63) is 130 Å². The van der Waals surface area contributed by atoms with Crippen LogP contribution in [-0.2, 0) is 4.74 Å². The third-order valence-electron chi connectivity index (χ3n) is 6.43. The molecule has 0 aromatic heterocycles. The molecule has 33 heavy (non-hydrogen) atoms. The van der Waals surface area contributed by atoms with Crippen LogP contribution in [-0.4, -0.2) is 12.7 Å². The molecule has 0 bridgehead atoms. The van der Waals surface area contributed by atoms with Crippen LogP contribution >= 0.6 is 0 Å². The maximum absolute atomic E-state index is 13.0. The first-order chi connectivity index (χ1) is 16.1.